The van der Waals surface area contributed by atoms with Crippen LogP contribution in [0.2, 0.25) is 0 Å². The Hall–Kier alpha value is -1.16. The molecule has 1 saturated carbocycles. The monoisotopic (exact) mass is 388 g/mol. The van der Waals surface area contributed by atoms with Crippen molar-refractivity contribution in [2.75, 3.05) is 5.32 Å². The van der Waals surface area contributed by atoms with Gasteiger partial charge in [-0.15, -0.1) is 34.7 Å². The Kier molecular flexibility index (Phi) is 7.80. The van der Waals surface area contributed by atoms with Gasteiger partial charge in [0.05, 0.1) is 0 Å². The van der Waals surface area contributed by atoms with Crippen LogP contribution in [0.5, 0.6) is 0 Å². The summed E-state index contributed by atoms with van der Waals surface area (Å²) in [7, 11) is 0. The predicted octanol–water partition coefficient (Wildman–Crippen LogP) is 2.87. The molecule has 2 aromatic heterocycles. The normalized spacial score (nSPS) is 12.2. The third kappa shape index (κ3) is 4.94. The molecular formula is C15H15N4OSY-. The molecule has 0 spiro atoms. The smallest absolute Gasteiger partial charge is 0.204 e. The SMILES string of the molecule is C#Cc1c[c-]c(C(=O)Nc2nnc(C3CC3)s2)cn1.CC.[Y]. The summed E-state index contributed by atoms with van der Waals surface area (Å²) < 4.78 is 0. The van der Waals surface area contributed by atoms with Gasteiger partial charge in [-0.25, -0.2) is 0 Å². The molecule has 22 heavy (non-hydrogen) atoms. The molecule has 0 unspecified atom stereocenters. The molecule has 111 valence electrons. The molecule has 1 N–H and O–H groups in total. The van der Waals surface area contributed by atoms with Gasteiger partial charge in [0.15, 0.2) is 5.91 Å². The van der Waals surface area contributed by atoms with Gasteiger partial charge in [-0.3, -0.25) is 0 Å². The van der Waals surface area contributed by atoms with E-state index in [1.807, 2.05) is 13.8 Å². The Morgan fingerprint density at radius 1 is 1.45 bits per heavy atom. The van der Waals surface area contributed by atoms with Gasteiger partial charge in [0.1, 0.15) is 5.01 Å². The van der Waals surface area contributed by atoms with Crippen LogP contribution in [0.1, 0.15) is 53.7 Å². The third-order valence-corrected chi connectivity index (χ3v) is 3.68. The summed E-state index contributed by atoms with van der Waals surface area (Å²) in [6.45, 7) is 4.00. The number of terminal acetylenes is 1. The molecule has 2 heterocycles. The van der Waals surface area contributed by atoms with E-state index in [2.05, 4.69) is 32.5 Å². The van der Waals surface area contributed by atoms with E-state index in [4.69, 9.17) is 6.42 Å². The van der Waals surface area contributed by atoms with Gasteiger partial charge in [-0.05, 0) is 12.8 Å². The second-order valence-electron chi connectivity index (χ2n) is 4.16. The maximum atomic E-state index is 11.9. The van der Waals surface area contributed by atoms with Crippen molar-refractivity contribution < 1.29 is 37.5 Å². The summed E-state index contributed by atoms with van der Waals surface area (Å²) in [5.74, 6) is 2.59. The van der Waals surface area contributed by atoms with Gasteiger partial charge in [0.2, 0.25) is 5.13 Å². The molecule has 1 radical (unpaired) electrons. The minimum Gasteiger partial charge on any atom is -0.343 e. The summed E-state index contributed by atoms with van der Waals surface area (Å²) in [5.41, 5.74) is 0.769. The van der Waals surface area contributed by atoms with Crippen molar-refractivity contribution in [1.82, 2.24) is 15.2 Å². The Balaban J connectivity index is 0.000000775. The predicted molar refractivity (Wildman–Crippen MR) is 82.2 cm³/mol. The average molecular weight is 388 g/mol. The number of carbonyl (C=O) groups is 1. The molecule has 3 rings (SSSR count). The zero-order valence-corrected chi connectivity index (χ0v) is 16.1. The van der Waals surface area contributed by atoms with E-state index in [9.17, 15) is 4.79 Å². The van der Waals surface area contributed by atoms with Crippen LogP contribution in [0, 0.1) is 18.4 Å². The second-order valence-corrected chi connectivity index (χ2v) is 5.17. The quantitative estimate of drug-likeness (QED) is 0.649. The summed E-state index contributed by atoms with van der Waals surface area (Å²) in [4.78, 5) is 15.9. The minimum absolute atomic E-state index is 0. The van der Waals surface area contributed by atoms with Crippen LogP contribution in [0.25, 0.3) is 0 Å². The number of nitrogens with one attached hydrogen (secondary N) is 1. The Morgan fingerprint density at radius 3 is 2.73 bits per heavy atom. The average Bonchev–Trinajstić information content (AvgIpc) is 3.29. The van der Waals surface area contributed by atoms with Crippen LogP contribution >= 0.6 is 11.3 Å². The molecule has 7 heteroatoms. The Bertz CT molecular complexity index is 659. The zero-order valence-electron chi connectivity index (χ0n) is 12.5. The summed E-state index contributed by atoms with van der Waals surface area (Å²) >= 11 is 1.41. The van der Waals surface area contributed by atoms with Gasteiger partial charge in [0, 0.05) is 44.3 Å². The summed E-state index contributed by atoms with van der Waals surface area (Å²) in [6, 6.07) is 4.29. The number of hydrogen-bond acceptors (Lipinski definition) is 5. The van der Waals surface area contributed by atoms with Crippen LogP contribution < -0.4 is 5.32 Å². The van der Waals surface area contributed by atoms with Crippen molar-refractivity contribution in [2.24, 2.45) is 0 Å². The van der Waals surface area contributed by atoms with Crippen LogP contribution in [-0.2, 0) is 32.7 Å². The molecule has 0 saturated heterocycles. The molecule has 0 aliphatic heterocycles. The number of pyridine rings is 1. The van der Waals surface area contributed by atoms with Crippen LogP contribution in [0.4, 0.5) is 5.13 Å². The number of carbonyl (C=O) groups excluding carboxylic acids is 1. The van der Waals surface area contributed by atoms with Gasteiger partial charge < -0.3 is 15.1 Å². The first-order valence-electron chi connectivity index (χ1n) is 6.75. The molecule has 1 amide bonds. The molecule has 2 aromatic rings. The Labute approximate surface area is 159 Å². The van der Waals surface area contributed by atoms with E-state index in [-0.39, 0.29) is 38.6 Å². The number of nitrogens with zero attached hydrogens (tertiary/aromatic N) is 3. The zero-order chi connectivity index (χ0) is 15.2. The summed E-state index contributed by atoms with van der Waals surface area (Å²) in [5, 5.41) is 12.2. The van der Waals surface area contributed by atoms with E-state index in [0.717, 1.165) is 17.8 Å². The number of rotatable bonds is 3. The van der Waals surface area contributed by atoms with E-state index >= 15 is 0 Å². The van der Waals surface area contributed by atoms with Gasteiger partial charge in [-0.1, -0.05) is 36.9 Å². The first kappa shape index (κ1) is 18.9. The first-order valence-corrected chi connectivity index (χ1v) is 7.57. The van der Waals surface area contributed by atoms with E-state index in [0.29, 0.717) is 22.3 Å². The van der Waals surface area contributed by atoms with Crippen molar-refractivity contribution in [2.45, 2.75) is 32.6 Å². The molecular weight excluding hydrogens is 373 g/mol. The van der Waals surface area contributed by atoms with Gasteiger partial charge in [-0.2, -0.15) is 0 Å². The fourth-order valence-corrected chi connectivity index (χ4v) is 2.41. The van der Waals surface area contributed by atoms with Crippen LogP contribution in [0.15, 0.2) is 12.3 Å². The van der Waals surface area contributed by atoms with Crippen LogP contribution in [-0.4, -0.2) is 21.1 Å². The van der Waals surface area contributed by atoms with Crippen molar-refractivity contribution in [1.29, 1.82) is 0 Å². The second kappa shape index (κ2) is 9.09. The fraction of sp³-hybridized carbons (Fsp3) is 0.333. The number of aromatic nitrogens is 3. The maximum Gasteiger partial charge on any atom is 0.204 e. The first-order chi connectivity index (χ1) is 10.3. The fourth-order valence-electron chi connectivity index (χ4n) is 1.50. The summed E-state index contributed by atoms with van der Waals surface area (Å²) in [6.07, 6.45) is 8.90. The molecule has 1 fully saturated rings. The molecule has 1 aliphatic rings. The maximum absolute atomic E-state index is 11.9. The van der Waals surface area contributed by atoms with Crippen LogP contribution in [0.3, 0.4) is 0 Å². The molecule has 1 aliphatic carbocycles. The van der Waals surface area contributed by atoms with Gasteiger partial charge in [0.25, 0.3) is 0 Å². The number of hydrogen-bond donors (Lipinski definition) is 1. The van der Waals surface area contributed by atoms with E-state index in [1.165, 1.54) is 23.6 Å². The van der Waals surface area contributed by atoms with Crippen molar-refractivity contribution in [3.05, 3.63) is 34.6 Å². The van der Waals surface area contributed by atoms with E-state index in [1.54, 1.807) is 0 Å². The molecule has 5 nitrogen and oxygen atoms in total. The van der Waals surface area contributed by atoms with Gasteiger partial charge >= 0.3 is 0 Å². The molecule has 0 aromatic carbocycles. The number of anilines is 1. The third-order valence-electron chi connectivity index (χ3n) is 2.68. The van der Waals surface area contributed by atoms with Crippen molar-refractivity contribution >= 4 is 22.4 Å². The molecule has 0 atom stereocenters. The Morgan fingerprint density at radius 2 is 2.18 bits per heavy atom. The minimum atomic E-state index is -0.311. The largest absolute Gasteiger partial charge is 0.343 e. The van der Waals surface area contributed by atoms with E-state index < -0.39 is 0 Å². The van der Waals surface area contributed by atoms with Crippen molar-refractivity contribution in [3.63, 3.8) is 0 Å². The molecule has 0 bridgehead atoms. The number of amides is 1. The van der Waals surface area contributed by atoms with Crippen molar-refractivity contribution in [3.8, 4) is 12.3 Å². The topological polar surface area (TPSA) is 67.8 Å². The standard InChI is InChI=1S/C13H9N4OS.C2H6.Y/c1-2-10-6-5-9(7-14-10)11(18)15-13-17-16-12(19-13)8-3-4-8;1-2;/h1,6-8H,3-4H2,(H,15,17,18);1-2H3;/q-1;;.